The number of rotatable bonds is 9. The van der Waals surface area contributed by atoms with E-state index in [0.717, 1.165) is 23.8 Å². The largest absolute Gasteiger partial charge is 0.375 e. The maximum Gasteiger partial charge on any atom is 0.239 e. The van der Waals surface area contributed by atoms with Gasteiger partial charge in [0.1, 0.15) is 10.7 Å². The topological polar surface area (TPSA) is 75.3 Å². The number of halogens is 1. The van der Waals surface area contributed by atoms with Gasteiger partial charge in [-0.1, -0.05) is 35.9 Å². The molecule has 0 unspecified atom stereocenters. The Balaban J connectivity index is 1.74. The molecule has 0 radical (unpaired) electrons. The van der Waals surface area contributed by atoms with Gasteiger partial charge in [-0.05, 0) is 24.6 Å². The summed E-state index contributed by atoms with van der Waals surface area (Å²) in [6.07, 6.45) is 0.932. The van der Waals surface area contributed by atoms with Gasteiger partial charge in [0.15, 0.2) is 9.84 Å². The first kappa shape index (κ1) is 21.2. The molecule has 27 heavy (non-hydrogen) atoms. The molecular weight excluding hydrogens is 387 g/mol. The number of hydrogen-bond donors (Lipinski definition) is 2. The smallest absolute Gasteiger partial charge is 0.239 e. The van der Waals surface area contributed by atoms with Crippen molar-refractivity contribution in [2.75, 3.05) is 30.4 Å². The summed E-state index contributed by atoms with van der Waals surface area (Å²) in [5.41, 5.74) is 2.54. The van der Waals surface area contributed by atoms with Crippen molar-refractivity contribution in [1.29, 1.82) is 0 Å². The standard InChI is InChI=1S/C19H23FN2O3S2/c1-14-6-8-15(9-7-14)13-26-11-10-21-18(23)12-22-17-5-3-4-16(20)19(17)27(2,24)25/h3-9,22H,10-13H2,1-2H3,(H,21,23). The molecule has 2 N–H and O–H groups in total. The number of anilines is 1. The summed E-state index contributed by atoms with van der Waals surface area (Å²) in [4.78, 5) is 11.5. The number of sulfone groups is 1. The highest BCUT2D eigenvalue weighted by atomic mass is 32.2. The van der Waals surface area contributed by atoms with E-state index >= 15 is 0 Å². The van der Waals surface area contributed by atoms with Gasteiger partial charge in [0.25, 0.3) is 0 Å². The molecule has 146 valence electrons. The highest BCUT2D eigenvalue weighted by Crippen LogP contribution is 2.24. The summed E-state index contributed by atoms with van der Waals surface area (Å²) in [5.74, 6) is 0.508. The molecule has 0 saturated heterocycles. The fourth-order valence-corrected chi connectivity index (χ4v) is 4.18. The van der Waals surface area contributed by atoms with Crippen LogP contribution in [0.5, 0.6) is 0 Å². The van der Waals surface area contributed by atoms with Crippen LogP contribution in [0.3, 0.4) is 0 Å². The first-order chi connectivity index (χ1) is 12.8. The molecule has 0 saturated carbocycles. The lowest BCUT2D eigenvalue weighted by Gasteiger charge is -2.12. The van der Waals surface area contributed by atoms with Gasteiger partial charge >= 0.3 is 0 Å². The Hall–Kier alpha value is -2.06. The highest BCUT2D eigenvalue weighted by molar-refractivity contribution is 7.98. The molecule has 0 aromatic heterocycles. The van der Waals surface area contributed by atoms with Crippen LogP contribution in [0.15, 0.2) is 47.4 Å². The van der Waals surface area contributed by atoms with E-state index < -0.39 is 20.5 Å². The molecule has 2 aromatic rings. The molecule has 8 heteroatoms. The minimum absolute atomic E-state index is 0.0846. The van der Waals surface area contributed by atoms with E-state index in [1.54, 1.807) is 11.8 Å². The fourth-order valence-electron chi connectivity index (χ4n) is 2.40. The maximum absolute atomic E-state index is 13.8. The fraction of sp³-hybridized carbons (Fsp3) is 0.316. The second kappa shape index (κ2) is 9.75. The van der Waals surface area contributed by atoms with Crippen molar-refractivity contribution >= 4 is 33.2 Å². The van der Waals surface area contributed by atoms with Crippen LogP contribution in [0.2, 0.25) is 0 Å². The SMILES string of the molecule is Cc1ccc(CSCCNC(=O)CNc2cccc(F)c2S(C)(=O)=O)cc1. The molecular formula is C19H23FN2O3S2. The normalized spacial score (nSPS) is 11.2. The Morgan fingerprint density at radius 2 is 1.85 bits per heavy atom. The molecule has 0 spiro atoms. The van der Waals surface area contributed by atoms with Crippen molar-refractivity contribution in [3.63, 3.8) is 0 Å². The number of amides is 1. The van der Waals surface area contributed by atoms with E-state index in [9.17, 15) is 17.6 Å². The second-order valence-electron chi connectivity index (χ2n) is 6.13. The average molecular weight is 411 g/mol. The summed E-state index contributed by atoms with van der Waals surface area (Å²) in [6.45, 7) is 2.41. The molecule has 0 fully saturated rings. The molecule has 2 aromatic carbocycles. The molecule has 0 aliphatic heterocycles. The molecule has 0 aliphatic carbocycles. The maximum atomic E-state index is 13.8. The van der Waals surface area contributed by atoms with Gasteiger partial charge < -0.3 is 10.6 Å². The van der Waals surface area contributed by atoms with Gasteiger partial charge in [-0.3, -0.25) is 4.79 Å². The van der Waals surface area contributed by atoms with Crippen molar-refractivity contribution in [3.8, 4) is 0 Å². The number of benzene rings is 2. The number of aryl methyl sites for hydroxylation is 1. The number of hydrogen-bond acceptors (Lipinski definition) is 5. The summed E-state index contributed by atoms with van der Waals surface area (Å²) in [6, 6.07) is 12.2. The summed E-state index contributed by atoms with van der Waals surface area (Å²) < 4.78 is 37.2. The average Bonchev–Trinajstić information content (AvgIpc) is 2.60. The second-order valence-corrected chi connectivity index (χ2v) is 9.19. The minimum atomic E-state index is -3.74. The lowest BCUT2D eigenvalue weighted by Crippen LogP contribution is -2.31. The highest BCUT2D eigenvalue weighted by Gasteiger charge is 2.18. The van der Waals surface area contributed by atoms with Gasteiger partial charge in [0.05, 0.1) is 12.2 Å². The molecule has 0 heterocycles. The zero-order chi connectivity index (χ0) is 19.9. The molecule has 1 amide bonds. The van der Waals surface area contributed by atoms with Crippen LogP contribution < -0.4 is 10.6 Å². The van der Waals surface area contributed by atoms with Crippen LogP contribution in [-0.4, -0.2) is 39.4 Å². The van der Waals surface area contributed by atoms with E-state index in [1.807, 2.05) is 6.92 Å². The number of carbonyl (C=O) groups excluding carboxylic acids is 1. The van der Waals surface area contributed by atoms with Crippen LogP contribution in [0, 0.1) is 12.7 Å². The Bertz CT molecular complexity index is 884. The van der Waals surface area contributed by atoms with Gasteiger partial charge in [0.2, 0.25) is 5.91 Å². The third-order valence-corrected chi connectivity index (χ3v) is 5.92. The number of nitrogens with one attached hydrogen (secondary N) is 2. The summed E-state index contributed by atoms with van der Waals surface area (Å²) in [5, 5.41) is 5.45. The lowest BCUT2D eigenvalue weighted by molar-refractivity contribution is -0.119. The van der Waals surface area contributed by atoms with Crippen LogP contribution in [0.1, 0.15) is 11.1 Å². The van der Waals surface area contributed by atoms with E-state index in [4.69, 9.17) is 0 Å². The Labute approximate surface area is 163 Å². The minimum Gasteiger partial charge on any atom is -0.375 e. The van der Waals surface area contributed by atoms with Gasteiger partial charge in [-0.25, -0.2) is 12.8 Å². The first-order valence-electron chi connectivity index (χ1n) is 8.40. The monoisotopic (exact) mass is 410 g/mol. The van der Waals surface area contributed by atoms with Crippen LogP contribution in [-0.2, 0) is 20.4 Å². The third-order valence-electron chi connectivity index (χ3n) is 3.74. The van der Waals surface area contributed by atoms with Crippen molar-refractivity contribution < 1.29 is 17.6 Å². The van der Waals surface area contributed by atoms with Crippen molar-refractivity contribution in [1.82, 2.24) is 5.32 Å². The van der Waals surface area contributed by atoms with Crippen LogP contribution >= 0.6 is 11.8 Å². The quantitative estimate of drug-likeness (QED) is 0.622. The zero-order valence-corrected chi connectivity index (χ0v) is 16.9. The molecule has 5 nitrogen and oxygen atoms in total. The van der Waals surface area contributed by atoms with Crippen molar-refractivity contribution in [2.24, 2.45) is 0 Å². The Morgan fingerprint density at radius 3 is 2.52 bits per heavy atom. The van der Waals surface area contributed by atoms with Crippen LogP contribution in [0.25, 0.3) is 0 Å². The third kappa shape index (κ3) is 6.88. The predicted octanol–water partition coefficient (Wildman–Crippen LogP) is 3.00. The van der Waals surface area contributed by atoms with E-state index in [1.165, 1.54) is 23.3 Å². The van der Waals surface area contributed by atoms with Crippen molar-refractivity contribution in [2.45, 2.75) is 17.6 Å². The molecule has 0 atom stereocenters. The van der Waals surface area contributed by atoms with Gasteiger partial charge in [-0.2, -0.15) is 11.8 Å². The summed E-state index contributed by atoms with van der Waals surface area (Å²) in [7, 11) is -3.74. The first-order valence-corrected chi connectivity index (χ1v) is 11.4. The van der Waals surface area contributed by atoms with Crippen molar-refractivity contribution in [3.05, 3.63) is 59.4 Å². The molecule has 0 bridgehead atoms. The number of thioether (sulfide) groups is 1. The molecule has 2 rings (SSSR count). The van der Waals surface area contributed by atoms with Crippen LogP contribution in [0.4, 0.5) is 10.1 Å². The van der Waals surface area contributed by atoms with Gasteiger partial charge in [-0.15, -0.1) is 0 Å². The lowest BCUT2D eigenvalue weighted by atomic mass is 10.2. The zero-order valence-electron chi connectivity index (χ0n) is 15.3. The van der Waals surface area contributed by atoms with E-state index in [-0.39, 0.29) is 18.1 Å². The van der Waals surface area contributed by atoms with E-state index in [0.29, 0.717) is 6.54 Å². The molecule has 0 aliphatic rings. The predicted molar refractivity (Wildman–Crippen MR) is 108 cm³/mol. The van der Waals surface area contributed by atoms with E-state index in [2.05, 4.69) is 34.9 Å². The number of carbonyl (C=O) groups is 1. The Morgan fingerprint density at radius 1 is 1.15 bits per heavy atom. The summed E-state index contributed by atoms with van der Waals surface area (Å²) >= 11 is 1.71. The Kier molecular flexibility index (Phi) is 7.67. The van der Waals surface area contributed by atoms with Gasteiger partial charge in [0, 0.05) is 24.3 Å².